The first-order chi connectivity index (χ1) is 4.84. The van der Waals surface area contributed by atoms with Gasteiger partial charge in [-0.1, -0.05) is 0 Å². The zero-order valence-corrected chi connectivity index (χ0v) is 8.70. The van der Waals surface area contributed by atoms with Crippen molar-refractivity contribution in [3.63, 3.8) is 0 Å². The molecule has 0 aliphatic heterocycles. The molecule has 1 heterocycles. The number of hydrogen-bond acceptors (Lipinski definition) is 2. The van der Waals surface area contributed by atoms with Crippen molar-refractivity contribution in [3.05, 3.63) is 18.2 Å². The lowest BCUT2D eigenvalue weighted by Gasteiger charge is -2.01. The fourth-order valence-corrected chi connectivity index (χ4v) is 0.883. The average Bonchev–Trinajstić information content (AvgIpc) is 2.31. The van der Waals surface area contributed by atoms with Crippen LogP contribution in [0.15, 0.2) is 12.5 Å². The van der Waals surface area contributed by atoms with Crippen molar-refractivity contribution in [2.24, 2.45) is 5.73 Å². The minimum Gasteiger partial charge on any atom is -0.335 e. The van der Waals surface area contributed by atoms with Crippen LogP contribution in [0.1, 0.15) is 12.1 Å². The first-order valence-corrected chi connectivity index (χ1v) is 3.51. The Morgan fingerprint density at radius 1 is 1.50 bits per heavy atom. The van der Waals surface area contributed by atoms with Gasteiger partial charge in [-0.25, -0.2) is 4.98 Å². The summed E-state index contributed by atoms with van der Waals surface area (Å²) in [5.41, 5.74) is 6.56. The summed E-state index contributed by atoms with van der Waals surface area (Å²) in [6.45, 7) is 3.78. The molecule has 0 aliphatic carbocycles. The van der Waals surface area contributed by atoms with Gasteiger partial charge >= 0.3 is 0 Å². The highest BCUT2D eigenvalue weighted by molar-refractivity contribution is 5.85. The van der Waals surface area contributed by atoms with Crippen molar-refractivity contribution in [2.75, 3.05) is 6.54 Å². The molecule has 1 aromatic rings. The lowest BCUT2D eigenvalue weighted by Crippen LogP contribution is -2.05. The van der Waals surface area contributed by atoms with Gasteiger partial charge < -0.3 is 10.3 Å². The monoisotopic (exact) mass is 211 g/mol. The lowest BCUT2D eigenvalue weighted by atomic mass is 10.4. The molecule has 3 nitrogen and oxygen atoms in total. The summed E-state index contributed by atoms with van der Waals surface area (Å²) in [6, 6.07) is 0. The van der Waals surface area contributed by atoms with Crippen LogP contribution in [-0.2, 0) is 6.54 Å². The smallest absolute Gasteiger partial charge is 0.0948 e. The van der Waals surface area contributed by atoms with Crippen molar-refractivity contribution in [2.45, 2.75) is 19.9 Å². The van der Waals surface area contributed by atoms with E-state index < -0.39 is 0 Å². The maximum Gasteiger partial charge on any atom is 0.0948 e. The Hall–Kier alpha value is -0.250. The van der Waals surface area contributed by atoms with Crippen molar-refractivity contribution in [1.29, 1.82) is 0 Å². The summed E-state index contributed by atoms with van der Waals surface area (Å²) >= 11 is 0. The van der Waals surface area contributed by atoms with Gasteiger partial charge in [-0.05, 0) is 19.9 Å². The summed E-state index contributed by atoms with van der Waals surface area (Å²) in [6.07, 6.45) is 4.72. The first kappa shape index (κ1) is 14.3. The topological polar surface area (TPSA) is 43.8 Å². The highest BCUT2D eigenvalue weighted by atomic mass is 35.5. The molecule has 0 fully saturated rings. The highest BCUT2D eigenvalue weighted by Crippen LogP contribution is 1.96. The van der Waals surface area contributed by atoms with Crippen LogP contribution in [0.4, 0.5) is 0 Å². The van der Waals surface area contributed by atoms with Crippen molar-refractivity contribution >= 4 is 24.8 Å². The van der Waals surface area contributed by atoms with Gasteiger partial charge in [0.1, 0.15) is 0 Å². The average molecular weight is 212 g/mol. The summed E-state index contributed by atoms with van der Waals surface area (Å²) in [5.74, 6) is 0. The van der Waals surface area contributed by atoms with E-state index in [1.165, 1.54) is 5.69 Å². The van der Waals surface area contributed by atoms with Gasteiger partial charge in [0.25, 0.3) is 0 Å². The highest BCUT2D eigenvalue weighted by Gasteiger charge is 1.92. The normalized spacial score (nSPS) is 8.50. The zero-order chi connectivity index (χ0) is 7.40. The standard InChI is InChI=1S/C7H13N3.2ClH/c1-7-5-9-6-10(7)4-2-3-8;;/h5-6H,2-4,8H2,1H3;2*1H. The molecular weight excluding hydrogens is 197 g/mol. The third-order valence-corrected chi connectivity index (χ3v) is 1.52. The summed E-state index contributed by atoms with van der Waals surface area (Å²) in [7, 11) is 0. The Kier molecular flexibility index (Phi) is 8.81. The second-order valence-electron chi connectivity index (χ2n) is 2.37. The van der Waals surface area contributed by atoms with Gasteiger partial charge in [-0.2, -0.15) is 0 Å². The molecule has 0 spiro atoms. The molecule has 0 saturated heterocycles. The number of nitrogens with two attached hydrogens (primary N) is 1. The van der Waals surface area contributed by atoms with E-state index in [0.29, 0.717) is 0 Å². The van der Waals surface area contributed by atoms with Crippen LogP contribution < -0.4 is 5.73 Å². The second kappa shape index (κ2) is 7.40. The largest absolute Gasteiger partial charge is 0.335 e. The quantitative estimate of drug-likeness (QED) is 0.822. The van der Waals surface area contributed by atoms with E-state index in [1.807, 2.05) is 19.4 Å². The van der Waals surface area contributed by atoms with Crippen LogP contribution in [0.5, 0.6) is 0 Å². The first-order valence-electron chi connectivity index (χ1n) is 3.51. The molecule has 0 aliphatic rings. The molecule has 2 N–H and O–H groups in total. The predicted octanol–water partition coefficient (Wildman–Crippen LogP) is 1.38. The van der Waals surface area contributed by atoms with E-state index in [-0.39, 0.29) is 24.8 Å². The van der Waals surface area contributed by atoms with Crippen LogP contribution in [0, 0.1) is 6.92 Å². The molecule has 0 bridgehead atoms. The van der Waals surface area contributed by atoms with Crippen LogP contribution in [-0.4, -0.2) is 16.1 Å². The van der Waals surface area contributed by atoms with E-state index in [4.69, 9.17) is 5.73 Å². The maximum absolute atomic E-state index is 5.36. The number of aryl methyl sites for hydroxylation is 2. The molecule has 0 atom stereocenters. The van der Waals surface area contributed by atoms with Crippen molar-refractivity contribution in [3.8, 4) is 0 Å². The minimum absolute atomic E-state index is 0. The molecule has 1 rings (SSSR count). The van der Waals surface area contributed by atoms with Gasteiger partial charge in [0.05, 0.1) is 6.33 Å². The van der Waals surface area contributed by atoms with Crippen LogP contribution >= 0.6 is 24.8 Å². The fourth-order valence-electron chi connectivity index (χ4n) is 0.883. The number of aromatic nitrogens is 2. The molecule has 12 heavy (non-hydrogen) atoms. The molecule has 72 valence electrons. The molecule has 5 heteroatoms. The van der Waals surface area contributed by atoms with Crippen molar-refractivity contribution < 1.29 is 0 Å². The van der Waals surface area contributed by atoms with E-state index in [2.05, 4.69) is 9.55 Å². The van der Waals surface area contributed by atoms with Crippen LogP contribution in [0.25, 0.3) is 0 Å². The zero-order valence-electron chi connectivity index (χ0n) is 7.06. The van der Waals surface area contributed by atoms with Crippen LogP contribution in [0.3, 0.4) is 0 Å². The molecule has 0 saturated carbocycles. The summed E-state index contributed by atoms with van der Waals surface area (Å²) in [5, 5.41) is 0. The van der Waals surface area contributed by atoms with Gasteiger partial charge in [-0.3, -0.25) is 0 Å². The number of hydrogen-bond donors (Lipinski definition) is 1. The Morgan fingerprint density at radius 3 is 2.58 bits per heavy atom. The maximum atomic E-state index is 5.36. The molecule has 0 amide bonds. The third-order valence-electron chi connectivity index (χ3n) is 1.52. The number of imidazole rings is 1. The minimum atomic E-state index is 0. The molecule has 0 radical (unpaired) electrons. The molecular formula is C7H15Cl2N3. The van der Waals surface area contributed by atoms with E-state index in [9.17, 15) is 0 Å². The molecule has 0 aromatic carbocycles. The van der Waals surface area contributed by atoms with Gasteiger partial charge in [0.2, 0.25) is 0 Å². The van der Waals surface area contributed by atoms with Gasteiger partial charge in [-0.15, -0.1) is 24.8 Å². The Bertz CT molecular complexity index is 200. The summed E-state index contributed by atoms with van der Waals surface area (Å²) in [4.78, 5) is 4.00. The third kappa shape index (κ3) is 3.95. The van der Waals surface area contributed by atoms with Gasteiger partial charge in [0, 0.05) is 18.4 Å². The van der Waals surface area contributed by atoms with E-state index in [0.717, 1.165) is 19.5 Å². The fraction of sp³-hybridized carbons (Fsp3) is 0.571. The second-order valence-corrected chi connectivity index (χ2v) is 2.37. The Morgan fingerprint density at radius 2 is 2.17 bits per heavy atom. The Labute approximate surface area is 85.2 Å². The molecule has 1 aromatic heterocycles. The van der Waals surface area contributed by atoms with Crippen LogP contribution in [0.2, 0.25) is 0 Å². The molecule has 0 unspecified atom stereocenters. The lowest BCUT2D eigenvalue weighted by molar-refractivity contribution is 0.636. The number of nitrogens with zero attached hydrogens (tertiary/aromatic N) is 2. The summed E-state index contributed by atoms with van der Waals surface area (Å²) < 4.78 is 2.10. The predicted molar refractivity (Wildman–Crippen MR) is 55.1 cm³/mol. The van der Waals surface area contributed by atoms with E-state index >= 15 is 0 Å². The SMILES string of the molecule is Cc1cncn1CCCN.Cl.Cl. The number of rotatable bonds is 3. The Balaban J connectivity index is 0. The number of halogens is 2. The van der Waals surface area contributed by atoms with Gasteiger partial charge in [0.15, 0.2) is 0 Å². The van der Waals surface area contributed by atoms with Crippen molar-refractivity contribution in [1.82, 2.24) is 9.55 Å². The van der Waals surface area contributed by atoms with E-state index in [1.54, 1.807) is 0 Å².